The Balaban J connectivity index is 1.92. The third kappa shape index (κ3) is 2.53. The van der Waals surface area contributed by atoms with Gasteiger partial charge in [0.15, 0.2) is 5.65 Å². The van der Waals surface area contributed by atoms with Crippen molar-refractivity contribution in [1.82, 2.24) is 19.6 Å². The Bertz CT molecular complexity index is 697. The molecule has 0 bridgehead atoms. The summed E-state index contributed by atoms with van der Waals surface area (Å²) in [4.78, 5) is 16.0. The summed E-state index contributed by atoms with van der Waals surface area (Å²) >= 11 is 0. The molecule has 1 aliphatic rings. The Morgan fingerprint density at radius 2 is 2.24 bits per heavy atom. The summed E-state index contributed by atoms with van der Waals surface area (Å²) < 4.78 is 1.43. The third-order valence-corrected chi connectivity index (χ3v) is 4.50. The van der Waals surface area contributed by atoms with Gasteiger partial charge in [0.1, 0.15) is 11.6 Å². The first-order chi connectivity index (χ1) is 10.0. The maximum Gasteiger partial charge on any atom is 0.349 e. The van der Waals surface area contributed by atoms with Crippen molar-refractivity contribution in [3.8, 4) is 0 Å². The highest BCUT2D eigenvalue weighted by atomic mass is 16.3. The number of H-pyrrole nitrogens is 1. The molecule has 0 radical (unpaired) electrons. The van der Waals surface area contributed by atoms with Crippen LogP contribution in [0.3, 0.4) is 0 Å². The molecule has 3 N–H and O–H groups in total. The van der Waals surface area contributed by atoms with Crippen LogP contribution < -0.4 is 11.0 Å². The van der Waals surface area contributed by atoms with Crippen LogP contribution in [-0.2, 0) is 0 Å². The predicted octanol–water partition coefficient (Wildman–Crippen LogP) is 1.08. The number of rotatable bonds is 3. The molecule has 0 atom stereocenters. The molecule has 1 saturated carbocycles. The number of aliphatic hydroxyl groups is 1. The Morgan fingerprint density at radius 1 is 1.52 bits per heavy atom. The van der Waals surface area contributed by atoms with E-state index in [2.05, 4.69) is 27.4 Å². The minimum atomic E-state index is -0.319. The minimum Gasteiger partial charge on any atom is -0.394 e. The molecule has 2 aromatic rings. The van der Waals surface area contributed by atoms with Gasteiger partial charge in [-0.15, -0.1) is 0 Å². The van der Waals surface area contributed by atoms with Gasteiger partial charge in [0.05, 0.1) is 12.1 Å². The van der Waals surface area contributed by atoms with Crippen LogP contribution in [0.1, 0.15) is 38.4 Å². The van der Waals surface area contributed by atoms with E-state index in [1.54, 1.807) is 13.0 Å². The van der Waals surface area contributed by atoms with Gasteiger partial charge < -0.3 is 10.4 Å². The lowest BCUT2D eigenvalue weighted by Gasteiger charge is -2.39. The molecule has 7 heteroatoms. The van der Waals surface area contributed by atoms with E-state index in [1.165, 1.54) is 4.40 Å². The predicted molar refractivity (Wildman–Crippen MR) is 79.4 cm³/mol. The number of fused-ring (bicyclic) bond motifs is 1. The molecule has 0 aliphatic heterocycles. The van der Waals surface area contributed by atoms with Gasteiger partial charge in [0.25, 0.3) is 0 Å². The van der Waals surface area contributed by atoms with E-state index >= 15 is 0 Å². The number of hydrogen-bond acceptors (Lipinski definition) is 5. The van der Waals surface area contributed by atoms with E-state index in [4.69, 9.17) is 0 Å². The first kappa shape index (κ1) is 14.1. The molecule has 1 aliphatic carbocycles. The van der Waals surface area contributed by atoms with Gasteiger partial charge in [0.2, 0.25) is 0 Å². The number of aromatic nitrogens is 4. The van der Waals surface area contributed by atoms with Crippen LogP contribution in [0.15, 0.2) is 10.9 Å². The van der Waals surface area contributed by atoms with Crippen molar-refractivity contribution in [2.45, 2.75) is 45.1 Å². The summed E-state index contributed by atoms with van der Waals surface area (Å²) in [6.07, 6.45) is 4.03. The van der Waals surface area contributed by atoms with Crippen LogP contribution in [0, 0.1) is 12.8 Å². The van der Waals surface area contributed by atoms with Gasteiger partial charge in [-0.1, -0.05) is 6.92 Å². The van der Waals surface area contributed by atoms with Gasteiger partial charge in [-0.3, -0.25) is 0 Å². The molecule has 21 heavy (non-hydrogen) atoms. The standard InChI is InChI=1S/C14H21N5O2/c1-9-3-5-14(8-20,6-4-9)16-11-7-12-17-18-13(21)19(12)10(2)15-11/h7,9,16,20H,3-6,8H2,1-2H3,(H,18,21). The second-order valence-electron chi connectivity index (χ2n) is 6.16. The minimum absolute atomic E-state index is 0.0823. The molecule has 3 rings (SSSR count). The van der Waals surface area contributed by atoms with Crippen LogP contribution >= 0.6 is 0 Å². The summed E-state index contributed by atoms with van der Waals surface area (Å²) in [7, 11) is 0. The molecule has 0 unspecified atom stereocenters. The monoisotopic (exact) mass is 291 g/mol. The lowest BCUT2D eigenvalue weighted by atomic mass is 9.77. The second kappa shape index (κ2) is 5.14. The highest BCUT2D eigenvalue weighted by Gasteiger charge is 2.34. The first-order valence-corrected chi connectivity index (χ1v) is 7.37. The Morgan fingerprint density at radius 3 is 2.90 bits per heavy atom. The summed E-state index contributed by atoms with van der Waals surface area (Å²) in [5.74, 6) is 1.93. The number of nitrogens with zero attached hydrogens (tertiary/aromatic N) is 3. The maximum absolute atomic E-state index is 11.6. The van der Waals surface area contributed by atoms with Crippen molar-refractivity contribution in [2.75, 3.05) is 11.9 Å². The molecule has 7 nitrogen and oxygen atoms in total. The van der Waals surface area contributed by atoms with Crippen LogP contribution in [0.5, 0.6) is 0 Å². The normalized spacial score (nSPS) is 26.1. The molecule has 0 amide bonds. The van der Waals surface area contributed by atoms with Crippen molar-refractivity contribution in [3.05, 3.63) is 22.4 Å². The van der Waals surface area contributed by atoms with Crippen molar-refractivity contribution < 1.29 is 5.11 Å². The van der Waals surface area contributed by atoms with Crippen molar-refractivity contribution >= 4 is 11.5 Å². The van der Waals surface area contributed by atoms with E-state index in [0.717, 1.165) is 25.7 Å². The van der Waals surface area contributed by atoms with Gasteiger partial charge in [-0.05, 0) is 38.5 Å². The fourth-order valence-electron chi connectivity index (χ4n) is 3.07. The van der Waals surface area contributed by atoms with Gasteiger partial charge >= 0.3 is 5.69 Å². The number of aromatic amines is 1. The summed E-state index contributed by atoms with van der Waals surface area (Å²) in [6.45, 7) is 4.09. The number of anilines is 1. The number of aliphatic hydroxyl groups excluding tert-OH is 1. The number of aryl methyl sites for hydroxylation is 1. The number of nitrogens with one attached hydrogen (secondary N) is 2. The Labute approximate surface area is 122 Å². The largest absolute Gasteiger partial charge is 0.394 e. The topological polar surface area (TPSA) is 95.3 Å². The fourth-order valence-corrected chi connectivity index (χ4v) is 3.07. The van der Waals surface area contributed by atoms with Gasteiger partial charge in [0, 0.05) is 6.07 Å². The zero-order valence-electron chi connectivity index (χ0n) is 12.4. The lowest BCUT2D eigenvalue weighted by molar-refractivity contribution is 0.155. The maximum atomic E-state index is 11.6. The molecule has 2 aromatic heterocycles. The molecule has 0 aromatic carbocycles. The van der Waals surface area contributed by atoms with Gasteiger partial charge in [-0.2, -0.15) is 5.10 Å². The average Bonchev–Trinajstić information content (AvgIpc) is 2.83. The third-order valence-electron chi connectivity index (χ3n) is 4.50. The smallest absolute Gasteiger partial charge is 0.349 e. The molecule has 114 valence electrons. The molecule has 0 spiro atoms. The van der Waals surface area contributed by atoms with Crippen LogP contribution in [-0.4, -0.2) is 36.8 Å². The van der Waals surface area contributed by atoms with E-state index in [9.17, 15) is 9.90 Å². The molecule has 1 fully saturated rings. The highest BCUT2D eigenvalue weighted by Crippen LogP contribution is 2.34. The van der Waals surface area contributed by atoms with Gasteiger partial charge in [-0.25, -0.2) is 19.3 Å². The van der Waals surface area contributed by atoms with Crippen molar-refractivity contribution in [3.63, 3.8) is 0 Å². The second-order valence-corrected chi connectivity index (χ2v) is 6.16. The quantitative estimate of drug-likeness (QED) is 0.786. The first-order valence-electron chi connectivity index (χ1n) is 7.37. The van der Waals surface area contributed by atoms with Crippen molar-refractivity contribution in [1.29, 1.82) is 0 Å². The van der Waals surface area contributed by atoms with Crippen LogP contribution in [0.2, 0.25) is 0 Å². The fraction of sp³-hybridized carbons (Fsp3) is 0.643. The summed E-state index contributed by atoms with van der Waals surface area (Å²) in [5.41, 5.74) is -0.0712. The average molecular weight is 291 g/mol. The molecular formula is C14H21N5O2. The van der Waals surface area contributed by atoms with E-state index < -0.39 is 0 Å². The molecular weight excluding hydrogens is 270 g/mol. The van der Waals surface area contributed by atoms with E-state index in [0.29, 0.717) is 23.2 Å². The lowest BCUT2D eigenvalue weighted by Crippen LogP contribution is -2.45. The van der Waals surface area contributed by atoms with Crippen molar-refractivity contribution in [2.24, 2.45) is 5.92 Å². The Hall–Kier alpha value is -1.89. The number of hydrogen-bond donors (Lipinski definition) is 3. The summed E-state index contributed by atoms with van der Waals surface area (Å²) in [5, 5.41) is 19.6. The van der Waals surface area contributed by atoms with Crippen LogP contribution in [0.25, 0.3) is 5.65 Å². The molecule has 2 heterocycles. The van der Waals surface area contributed by atoms with Crippen LogP contribution in [0.4, 0.5) is 5.82 Å². The van der Waals surface area contributed by atoms with E-state index in [-0.39, 0.29) is 17.8 Å². The highest BCUT2D eigenvalue weighted by molar-refractivity contribution is 5.51. The SMILES string of the molecule is Cc1nc(NC2(CO)CCC(C)CC2)cc2n[nH]c(=O)n12. The Kier molecular flexibility index (Phi) is 3.44. The van der Waals surface area contributed by atoms with E-state index in [1.807, 2.05) is 0 Å². The summed E-state index contributed by atoms with van der Waals surface area (Å²) in [6, 6.07) is 1.74. The molecule has 0 saturated heterocycles. The zero-order valence-corrected chi connectivity index (χ0v) is 12.4. The zero-order chi connectivity index (χ0) is 15.0.